The van der Waals surface area contributed by atoms with Crippen LogP contribution >= 0.6 is 0 Å². The first-order chi connectivity index (χ1) is 40.5. The fraction of sp³-hybridized carbons (Fsp3) is 0.750. The fourth-order valence-electron chi connectivity index (χ4n) is 10.1. The highest BCUT2D eigenvalue weighted by molar-refractivity contribution is 5.71. The topological polar surface area (TPSA) is 78.9 Å². The van der Waals surface area contributed by atoms with E-state index in [-0.39, 0.29) is 31.1 Å². The Kier molecular flexibility index (Phi) is 66.7. The van der Waals surface area contributed by atoms with Crippen LogP contribution in [-0.4, -0.2) is 37.2 Å². The van der Waals surface area contributed by atoms with Crippen molar-refractivity contribution in [1.82, 2.24) is 0 Å². The predicted molar refractivity (Wildman–Crippen MR) is 357 cm³/mol. The number of rotatable bonds is 64. The molecule has 6 heteroatoms. The Morgan fingerprint density at radius 3 is 0.756 bits per heavy atom. The summed E-state index contributed by atoms with van der Waals surface area (Å²) < 4.78 is 16.9. The number of carbonyl (C=O) groups is 3. The SMILES string of the molecule is CC/C=C\C/C=C\C/C=C\C/C=C\C/C=C\CCCCCCCC(=O)OC(COC(=O)CCCCC/C=C\C/C=C\C/C=C\CC)COC(=O)CCCCCCCCCCCCCCCCCCCCCCCCCCCCCCCC. The van der Waals surface area contributed by atoms with Crippen LogP contribution in [0.4, 0.5) is 0 Å². The van der Waals surface area contributed by atoms with Gasteiger partial charge >= 0.3 is 17.9 Å². The minimum Gasteiger partial charge on any atom is -0.462 e. The number of carbonyl (C=O) groups excluding carboxylic acids is 3. The average Bonchev–Trinajstić information content (AvgIpc) is 3.47. The summed E-state index contributed by atoms with van der Waals surface area (Å²) in [6.45, 7) is 6.41. The van der Waals surface area contributed by atoms with Gasteiger partial charge < -0.3 is 14.2 Å². The molecule has 6 nitrogen and oxygen atoms in total. The molecule has 0 N–H and O–H groups in total. The second kappa shape index (κ2) is 69.8. The quantitative estimate of drug-likeness (QED) is 0.0261. The van der Waals surface area contributed by atoms with Crippen molar-refractivity contribution in [2.75, 3.05) is 13.2 Å². The minimum atomic E-state index is -0.802. The van der Waals surface area contributed by atoms with E-state index in [1.165, 1.54) is 173 Å². The van der Waals surface area contributed by atoms with Gasteiger partial charge in [-0.2, -0.15) is 0 Å². The van der Waals surface area contributed by atoms with Crippen molar-refractivity contribution in [2.24, 2.45) is 0 Å². The van der Waals surface area contributed by atoms with E-state index in [0.717, 1.165) is 135 Å². The Balaban J connectivity index is 4.24. The fourth-order valence-corrected chi connectivity index (χ4v) is 10.1. The molecule has 0 saturated carbocycles. The summed E-state index contributed by atoms with van der Waals surface area (Å²) >= 11 is 0. The largest absolute Gasteiger partial charge is 0.462 e. The lowest BCUT2D eigenvalue weighted by Gasteiger charge is -2.18. The molecule has 472 valence electrons. The van der Waals surface area contributed by atoms with Crippen LogP contribution in [-0.2, 0) is 28.6 Å². The maximum Gasteiger partial charge on any atom is 0.306 e. The number of esters is 3. The number of unbranched alkanes of at least 4 members (excludes halogenated alkanes) is 37. The summed E-state index contributed by atoms with van der Waals surface area (Å²) in [6.07, 6.45) is 94.6. The van der Waals surface area contributed by atoms with Crippen LogP contribution in [0, 0.1) is 0 Å². The molecule has 0 aromatic heterocycles. The molecule has 0 radical (unpaired) electrons. The van der Waals surface area contributed by atoms with E-state index in [0.29, 0.717) is 19.3 Å². The summed E-state index contributed by atoms with van der Waals surface area (Å²) in [5.41, 5.74) is 0. The second-order valence-corrected chi connectivity index (χ2v) is 23.4. The van der Waals surface area contributed by atoms with Gasteiger partial charge in [-0.15, -0.1) is 0 Å². The van der Waals surface area contributed by atoms with Crippen LogP contribution in [0.3, 0.4) is 0 Å². The molecule has 0 rings (SSSR count). The molecule has 0 aliphatic rings. The van der Waals surface area contributed by atoms with E-state index in [4.69, 9.17) is 14.2 Å². The first kappa shape index (κ1) is 78.3. The van der Waals surface area contributed by atoms with E-state index in [9.17, 15) is 14.4 Å². The number of allylic oxidation sites excluding steroid dienone is 16. The molecule has 0 aliphatic heterocycles. The smallest absolute Gasteiger partial charge is 0.306 e. The summed E-state index contributed by atoms with van der Waals surface area (Å²) in [5.74, 6) is -0.930. The summed E-state index contributed by atoms with van der Waals surface area (Å²) in [5, 5.41) is 0. The molecule has 0 fully saturated rings. The molecule has 0 aromatic carbocycles. The first-order valence-electron chi connectivity index (χ1n) is 35.2. The zero-order chi connectivity index (χ0) is 59.2. The van der Waals surface area contributed by atoms with Gasteiger partial charge in [-0.05, 0) is 96.3 Å². The van der Waals surface area contributed by atoms with Gasteiger partial charge in [0.2, 0.25) is 0 Å². The molecule has 0 spiro atoms. The summed E-state index contributed by atoms with van der Waals surface area (Å²) in [7, 11) is 0. The Hall–Kier alpha value is -3.67. The third-order valence-corrected chi connectivity index (χ3v) is 15.3. The summed E-state index contributed by atoms with van der Waals surface area (Å²) in [6, 6.07) is 0. The maximum absolute atomic E-state index is 12.9. The predicted octanol–water partition coefficient (Wildman–Crippen LogP) is 24.4. The Bertz CT molecular complexity index is 1590. The van der Waals surface area contributed by atoms with Gasteiger partial charge in [-0.25, -0.2) is 0 Å². The standard InChI is InChI=1S/C76H132O6/c1-4-7-10-13-16-19-22-25-27-29-31-33-34-35-36-37-38-39-40-41-43-44-46-48-51-54-57-60-63-66-69-75(78)81-72-73(71-80-74(77)68-65-62-59-56-53-50-24-21-18-15-12-9-6-3)82-76(79)70-67-64-61-58-55-52-49-47-45-42-32-30-28-26-23-20-17-14-11-8-5-2/h8-9,11-12,17-18,20-21,26,28,32,42,47,49-50,53,73H,4-7,10,13-16,19,22-25,27,29-31,33-41,43-46,48,51-52,54-72H2,1-3H3/b11-8-,12-9-,20-17-,21-18-,28-26-,42-32-,49-47-,53-50-. The average molecular weight is 1140 g/mol. The first-order valence-corrected chi connectivity index (χ1v) is 35.2. The lowest BCUT2D eigenvalue weighted by atomic mass is 10.0. The van der Waals surface area contributed by atoms with E-state index >= 15 is 0 Å². The molecule has 0 saturated heterocycles. The van der Waals surface area contributed by atoms with Crippen molar-refractivity contribution in [3.63, 3.8) is 0 Å². The maximum atomic E-state index is 12.9. The van der Waals surface area contributed by atoms with Gasteiger partial charge in [0, 0.05) is 19.3 Å². The molecule has 1 unspecified atom stereocenters. The number of ether oxygens (including phenoxy) is 3. The Morgan fingerprint density at radius 1 is 0.256 bits per heavy atom. The molecule has 0 bridgehead atoms. The molecule has 82 heavy (non-hydrogen) atoms. The number of hydrogen-bond acceptors (Lipinski definition) is 6. The minimum absolute atomic E-state index is 0.0930. The van der Waals surface area contributed by atoms with Crippen molar-refractivity contribution in [1.29, 1.82) is 0 Å². The third kappa shape index (κ3) is 67.1. The van der Waals surface area contributed by atoms with Crippen LogP contribution in [0.2, 0.25) is 0 Å². The van der Waals surface area contributed by atoms with Crippen molar-refractivity contribution in [3.05, 3.63) is 97.2 Å². The highest BCUT2D eigenvalue weighted by Gasteiger charge is 2.19. The van der Waals surface area contributed by atoms with Crippen molar-refractivity contribution in [2.45, 2.75) is 354 Å². The Morgan fingerprint density at radius 2 is 0.476 bits per heavy atom. The van der Waals surface area contributed by atoms with Gasteiger partial charge in [0.15, 0.2) is 6.10 Å². The van der Waals surface area contributed by atoms with Gasteiger partial charge in [0.1, 0.15) is 13.2 Å². The monoisotopic (exact) mass is 1140 g/mol. The van der Waals surface area contributed by atoms with Crippen LogP contribution in [0.5, 0.6) is 0 Å². The van der Waals surface area contributed by atoms with Crippen LogP contribution in [0.1, 0.15) is 348 Å². The van der Waals surface area contributed by atoms with E-state index < -0.39 is 6.10 Å². The molecule has 0 aromatic rings. The highest BCUT2D eigenvalue weighted by Crippen LogP contribution is 2.18. The summed E-state index contributed by atoms with van der Waals surface area (Å²) in [4.78, 5) is 38.4. The molecule has 1 atom stereocenters. The second-order valence-electron chi connectivity index (χ2n) is 23.4. The number of hydrogen-bond donors (Lipinski definition) is 0. The molecule has 0 aliphatic carbocycles. The zero-order valence-corrected chi connectivity index (χ0v) is 54.2. The highest BCUT2D eigenvalue weighted by atomic mass is 16.6. The lowest BCUT2D eigenvalue weighted by Crippen LogP contribution is -2.30. The van der Waals surface area contributed by atoms with Crippen molar-refractivity contribution >= 4 is 17.9 Å². The third-order valence-electron chi connectivity index (χ3n) is 15.3. The van der Waals surface area contributed by atoms with Crippen molar-refractivity contribution < 1.29 is 28.6 Å². The van der Waals surface area contributed by atoms with Gasteiger partial charge in [0.25, 0.3) is 0 Å². The van der Waals surface area contributed by atoms with E-state index in [1.54, 1.807) is 0 Å². The van der Waals surface area contributed by atoms with Crippen LogP contribution < -0.4 is 0 Å². The van der Waals surface area contributed by atoms with E-state index in [1.807, 2.05) is 0 Å². The van der Waals surface area contributed by atoms with Gasteiger partial charge in [-0.3, -0.25) is 14.4 Å². The van der Waals surface area contributed by atoms with Gasteiger partial charge in [0.05, 0.1) is 0 Å². The zero-order valence-electron chi connectivity index (χ0n) is 54.2. The molecule has 0 amide bonds. The van der Waals surface area contributed by atoms with Crippen LogP contribution in [0.15, 0.2) is 97.2 Å². The van der Waals surface area contributed by atoms with Crippen molar-refractivity contribution in [3.8, 4) is 0 Å². The van der Waals surface area contributed by atoms with E-state index in [2.05, 4.69) is 118 Å². The molecular formula is C76H132O6. The van der Waals surface area contributed by atoms with Gasteiger partial charge in [-0.1, -0.05) is 330 Å². The van der Waals surface area contributed by atoms with Crippen LogP contribution in [0.25, 0.3) is 0 Å². The lowest BCUT2D eigenvalue weighted by molar-refractivity contribution is -0.167. The molecular weight excluding hydrogens is 1010 g/mol. The molecule has 0 heterocycles. The Labute approximate surface area is 508 Å². The normalized spacial score (nSPS) is 12.7.